The summed E-state index contributed by atoms with van der Waals surface area (Å²) >= 11 is 0. The number of ketones is 1. The third kappa shape index (κ3) is 3.75. The Labute approximate surface area is 186 Å². The van der Waals surface area contributed by atoms with Crippen molar-refractivity contribution in [3.8, 4) is 11.5 Å². The highest BCUT2D eigenvalue weighted by atomic mass is 16.2. The third-order valence-electron chi connectivity index (χ3n) is 5.84. The Hall–Kier alpha value is -3.93. The van der Waals surface area contributed by atoms with E-state index < -0.39 is 0 Å². The highest BCUT2D eigenvalue weighted by Gasteiger charge is 2.31. The van der Waals surface area contributed by atoms with Crippen LogP contribution in [0, 0.1) is 6.92 Å². The molecule has 0 saturated heterocycles. The lowest BCUT2D eigenvalue weighted by Gasteiger charge is -2.17. The predicted octanol–water partition coefficient (Wildman–Crippen LogP) is 4.48. The molecule has 1 aliphatic rings. The molecule has 160 valence electrons. The van der Waals surface area contributed by atoms with Gasteiger partial charge in [0.2, 0.25) is 5.91 Å². The maximum Gasteiger partial charge on any atom is 0.223 e. The van der Waals surface area contributed by atoms with Gasteiger partial charge in [0, 0.05) is 36.4 Å². The van der Waals surface area contributed by atoms with E-state index in [1.807, 2.05) is 64.1 Å². The molecule has 32 heavy (non-hydrogen) atoms. The van der Waals surface area contributed by atoms with Crippen molar-refractivity contribution in [3.63, 3.8) is 0 Å². The first kappa shape index (κ1) is 20.0. The molecule has 4 aromatic rings. The minimum atomic E-state index is -0.0205. The standard InChI is InChI=1S/C26H24N4O2/c1-19-8-7-11-21(16-19)30-26(28-14-5-6-15-28)22-17-29(18-23(22)27-30)25(32)13-12-24(31)20-9-3-2-4-10-20/h2-11,14-16H,12-13,17-18H2,1H3. The molecule has 0 N–H and O–H groups in total. The Balaban J connectivity index is 1.36. The lowest BCUT2D eigenvalue weighted by atomic mass is 10.1. The van der Waals surface area contributed by atoms with Crippen molar-refractivity contribution in [3.05, 3.63) is 102 Å². The van der Waals surface area contributed by atoms with Crippen molar-refractivity contribution in [2.24, 2.45) is 0 Å². The summed E-state index contributed by atoms with van der Waals surface area (Å²) in [6.07, 6.45) is 4.40. The average molecular weight is 425 g/mol. The van der Waals surface area contributed by atoms with Gasteiger partial charge in [0.15, 0.2) is 5.78 Å². The Morgan fingerprint density at radius 2 is 1.69 bits per heavy atom. The summed E-state index contributed by atoms with van der Waals surface area (Å²) < 4.78 is 4.00. The molecule has 0 aliphatic carbocycles. The number of Topliss-reactive ketones (excluding diaryl/α,β-unsaturated/α-hetero) is 1. The zero-order chi connectivity index (χ0) is 22.1. The number of fused-ring (bicyclic) bond motifs is 1. The zero-order valence-corrected chi connectivity index (χ0v) is 17.9. The van der Waals surface area contributed by atoms with Crippen molar-refractivity contribution in [1.29, 1.82) is 0 Å². The molecule has 2 aromatic heterocycles. The topological polar surface area (TPSA) is 60.1 Å². The molecule has 0 atom stereocenters. The lowest BCUT2D eigenvalue weighted by Crippen LogP contribution is -2.26. The molecule has 0 fully saturated rings. The molecule has 1 amide bonds. The second kappa shape index (κ2) is 8.30. The average Bonchev–Trinajstić information content (AvgIpc) is 3.54. The molecule has 0 bridgehead atoms. The van der Waals surface area contributed by atoms with E-state index in [9.17, 15) is 9.59 Å². The van der Waals surface area contributed by atoms with Crippen LogP contribution in [-0.4, -0.2) is 30.9 Å². The molecule has 0 spiro atoms. The predicted molar refractivity (Wildman–Crippen MR) is 122 cm³/mol. The number of hydrogen-bond donors (Lipinski definition) is 0. The first-order valence-electron chi connectivity index (χ1n) is 10.8. The van der Waals surface area contributed by atoms with Gasteiger partial charge in [-0.05, 0) is 36.8 Å². The lowest BCUT2D eigenvalue weighted by molar-refractivity contribution is -0.131. The zero-order valence-electron chi connectivity index (χ0n) is 17.9. The van der Waals surface area contributed by atoms with Crippen LogP contribution in [-0.2, 0) is 17.9 Å². The fraction of sp³-hybridized carbons (Fsp3) is 0.192. The number of carbonyl (C=O) groups is 2. The van der Waals surface area contributed by atoms with Crippen LogP contribution >= 0.6 is 0 Å². The van der Waals surface area contributed by atoms with Crippen LogP contribution in [0.15, 0.2) is 79.1 Å². The van der Waals surface area contributed by atoms with E-state index >= 15 is 0 Å². The Kier molecular flexibility index (Phi) is 5.19. The number of carbonyl (C=O) groups excluding carboxylic acids is 2. The van der Waals surface area contributed by atoms with Gasteiger partial charge < -0.3 is 9.47 Å². The van der Waals surface area contributed by atoms with E-state index in [0.29, 0.717) is 18.7 Å². The summed E-state index contributed by atoms with van der Waals surface area (Å²) in [6, 6.07) is 21.3. The van der Waals surface area contributed by atoms with Crippen LogP contribution in [0.2, 0.25) is 0 Å². The van der Waals surface area contributed by atoms with Crippen LogP contribution < -0.4 is 0 Å². The highest BCUT2D eigenvalue weighted by molar-refractivity contribution is 5.97. The van der Waals surface area contributed by atoms with Crippen LogP contribution in [0.1, 0.15) is 40.0 Å². The van der Waals surface area contributed by atoms with Crippen molar-refractivity contribution < 1.29 is 9.59 Å². The van der Waals surface area contributed by atoms with Crippen LogP contribution in [0.25, 0.3) is 11.5 Å². The summed E-state index contributed by atoms with van der Waals surface area (Å²) in [6.45, 7) is 3.01. The first-order chi connectivity index (χ1) is 15.6. The summed E-state index contributed by atoms with van der Waals surface area (Å²) in [7, 11) is 0. The van der Waals surface area contributed by atoms with Gasteiger partial charge in [0.1, 0.15) is 5.82 Å². The number of nitrogens with zero attached hydrogens (tertiary/aromatic N) is 4. The summed E-state index contributed by atoms with van der Waals surface area (Å²) in [5.41, 5.74) is 4.75. The van der Waals surface area contributed by atoms with Gasteiger partial charge in [-0.1, -0.05) is 42.5 Å². The van der Waals surface area contributed by atoms with E-state index in [-0.39, 0.29) is 24.5 Å². The van der Waals surface area contributed by atoms with E-state index in [4.69, 9.17) is 5.10 Å². The number of rotatable bonds is 6. The van der Waals surface area contributed by atoms with E-state index in [0.717, 1.165) is 28.3 Å². The van der Waals surface area contributed by atoms with E-state index in [1.54, 1.807) is 17.0 Å². The maximum atomic E-state index is 12.9. The maximum absolute atomic E-state index is 12.9. The van der Waals surface area contributed by atoms with Gasteiger partial charge in [-0.2, -0.15) is 5.10 Å². The van der Waals surface area contributed by atoms with Gasteiger partial charge in [-0.3, -0.25) is 9.59 Å². The number of amides is 1. The Morgan fingerprint density at radius 1 is 0.906 bits per heavy atom. The molecule has 5 rings (SSSR count). The van der Waals surface area contributed by atoms with Crippen molar-refractivity contribution in [2.75, 3.05) is 0 Å². The molecule has 0 unspecified atom stereocenters. The minimum Gasteiger partial charge on any atom is -0.332 e. The van der Waals surface area contributed by atoms with Gasteiger partial charge in [-0.25, -0.2) is 4.68 Å². The molecule has 1 aliphatic heterocycles. The molecule has 2 aromatic carbocycles. The second-order valence-corrected chi connectivity index (χ2v) is 8.13. The SMILES string of the molecule is Cc1cccc(-n2nc3c(c2-n2cccc2)CN(C(=O)CCC(=O)c2ccccc2)C3)c1. The Bertz CT molecular complexity index is 1270. The summed E-state index contributed by atoms with van der Waals surface area (Å²) in [5, 5.41) is 4.87. The molecule has 0 radical (unpaired) electrons. The highest BCUT2D eigenvalue weighted by Crippen LogP contribution is 2.31. The van der Waals surface area contributed by atoms with E-state index in [1.165, 1.54) is 0 Å². The molecular weight excluding hydrogens is 400 g/mol. The number of benzene rings is 2. The van der Waals surface area contributed by atoms with Gasteiger partial charge >= 0.3 is 0 Å². The van der Waals surface area contributed by atoms with Gasteiger partial charge in [-0.15, -0.1) is 0 Å². The van der Waals surface area contributed by atoms with E-state index in [2.05, 4.69) is 19.1 Å². The van der Waals surface area contributed by atoms with Crippen LogP contribution in [0.4, 0.5) is 0 Å². The second-order valence-electron chi connectivity index (χ2n) is 8.13. The fourth-order valence-electron chi connectivity index (χ4n) is 4.21. The normalized spacial score (nSPS) is 12.7. The number of aryl methyl sites for hydroxylation is 1. The number of hydrogen-bond acceptors (Lipinski definition) is 3. The number of aromatic nitrogens is 3. The van der Waals surface area contributed by atoms with Gasteiger partial charge in [0.05, 0.1) is 24.5 Å². The van der Waals surface area contributed by atoms with Crippen molar-refractivity contribution >= 4 is 11.7 Å². The van der Waals surface area contributed by atoms with Crippen LogP contribution in [0.5, 0.6) is 0 Å². The molecule has 0 saturated carbocycles. The fourth-order valence-corrected chi connectivity index (χ4v) is 4.21. The molecular formula is C26H24N4O2. The molecule has 3 heterocycles. The smallest absolute Gasteiger partial charge is 0.223 e. The third-order valence-corrected chi connectivity index (χ3v) is 5.84. The summed E-state index contributed by atoms with van der Waals surface area (Å²) in [5.74, 6) is 0.924. The van der Waals surface area contributed by atoms with Crippen LogP contribution in [0.3, 0.4) is 0 Å². The quantitative estimate of drug-likeness (QED) is 0.429. The molecule has 6 nitrogen and oxygen atoms in total. The Morgan fingerprint density at radius 3 is 2.44 bits per heavy atom. The largest absolute Gasteiger partial charge is 0.332 e. The summed E-state index contributed by atoms with van der Waals surface area (Å²) in [4.78, 5) is 27.1. The first-order valence-corrected chi connectivity index (χ1v) is 10.8. The monoisotopic (exact) mass is 424 g/mol. The van der Waals surface area contributed by atoms with Gasteiger partial charge in [0.25, 0.3) is 0 Å². The van der Waals surface area contributed by atoms with Crippen molar-refractivity contribution in [1.82, 2.24) is 19.2 Å². The van der Waals surface area contributed by atoms with Crippen molar-refractivity contribution in [2.45, 2.75) is 32.9 Å². The molecule has 6 heteroatoms. The minimum absolute atomic E-state index is 0.00597.